The van der Waals surface area contributed by atoms with E-state index in [-0.39, 0.29) is 11.6 Å². The molecule has 11 nitrogen and oxygen atoms in total. The summed E-state index contributed by atoms with van der Waals surface area (Å²) in [5.41, 5.74) is 0. The van der Waals surface area contributed by atoms with Crippen LogP contribution in [0, 0.1) is 10.1 Å². The van der Waals surface area contributed by atoms with Crippen LogP contribution in [0.3, 0.4) is 0 Å². The van der Waals surface area contributed by atoms with Crippen molar-refractivity contribution in [3.05, 3.63) is 10.1 Å². The summed E-state index contributed by atoms with van der Waals surface area (Å²) in [6.45, 7) is 0. The third-order valence-electron chi connectivity index (χ3n) is 1.30. The fraction of sp³-hybridized carbons (Fsp3) is 0. The Labute approximate surface area is 74.5 Å². The summed E-state index contributed by atoms with van der Waals surface area (Å²) in [5, 5.41) is 34.2. The van der Waals surface area contributed by atoms with Crippen molar-refractivity contribution in [2.75, 3.05) is 0 Å². The molecule has 2 N–H and O–H groups in total. The molecule has 2 aromatic rings. The van der Waals surface area contributed by atoms with E-state index in [0.717, 1.165) is 0 Å². The smallest absolute Gasteiger partial charge is 0.409 e. The first-order chi connectivity index (χ1) is 6.68. The SMILES string of the molecule is O=[N+]([O-])c1nc(-c2nnnn2O)n[nH]1. The van der Waals surface area contributed by atoms with E-state index in [2.05, 4.69) is 25.6 Å². The first-order valence-electron chi connectivity index (χ1n) is 3.23. The highest BCUT2D eigenvalue weighted by molar-refractivity contribution is 5.41. The molecule has 0 aromatic carbocycles. The fourth-order valence-electron chi connectivity index (χ4n) is 0.752. The zero-order chi connectivity index (χ0) is 10.1. The number of H-pyrrole nitrogens is 1. The lowest BCUT2D eigenvalue weighted by atomic mass is 10.6. The number of nitrogens with one attached hydrogen (secondary N) is 1. The van der Waals surface area contributed by atoms with Crippen molar-refractivity contribution in [3.63, 3.8) is 0 Å². The van der Waals surface area contributed by atoms with Crippen molar-refractivity contribution < 1.29 is 10.1 Å². The molecule has 0 aliphatic rings. The summed E-state index contributed by atoms with van der Waals surface area (Å²) in [6, 6.07) is 0. The minimum atomic E-state index is -0.762. The van der Waals surface area contributed by atoms with E-state index >= 15 is 0 Å². The predicted molar refractivity (Wildman–Crippen MR) is 37.0 cm³/mol. The first-order valence-corrected chi connectivity index (χ1v) is 3.23. The molecule has 0 aliphatic carbocycles. The lowest BCUT2D eigenvalue weighted by Gasteiger charge is -1.85. The van der Waals surface area contributed by atoms with Crippen LogP contribution in [0.1, 0.15) is 0 Å². The molecular weight excluding hydrogens is 196 g/mol. The highest BCUT2D eigenvalue weighted by Crippen LogP contribution is 2.11. The van der Waals surface area contributed by atoms with Crippen LogP contribution in [-0.2, 0) is 0 Å². The van der Waals surface area contributed by atoms with Gasteiger partial charge in [0.05, 0.1) is 0 Å². The summed E-state index contributed by atoms with van der Waals surface area (Å²) in [6.07, 6.45) is 0. The minimum Gasteiger partial charge on any atom is -0.409 e. The van der Waals surface area contributed by atoms with Gasteiger partial charge in [-0.2, -0.15) is 0 Å². The van der Waals surface area contributed by atoms with Crippen molar-refractivity contribution >= 4 is 5.95 Å². The second kappa shape index (κ2) is 2.72. The van der Waals surface area contributed by atoms with Gasteiger partial charge in [0.15, 0.2) is 0 Å². The van der Waals surface area contributed by atoms with Gasteiger partial charge in [0, 0.05) is 0 Å². The van der Waals surface area contributed by atoms with Crippen LogP contribution in [-0.4, -0.2) is 45.7 Å². The summed E-state index contributed by atoms with van der Waals surface area (Å²) in [5.74, 6) is -0.901. The van der Waals surface area contributed by atoms with E-state index in [1.165, 1.54) is 0 Å². The lowest BCUT2D eigenvalue weighted by molar-refractivity contribution is -0.394. The van der Waals surface area contributed by atoms with Crippen LogP contribution in [0.5, 0.6) is 0 Å². The Morgan fingerprint density at radius 1 is 1.57 bits per heavy atom. The molecule has 0 atom stereocenters. The van der Waals surface area contributed by atoms with Crippen molar-refractivity contribution in [2.45, 2.75) is 0 Å². The van der Waals surface area contributed by atoms with E-state index in [9.17, 15) is 10.1 Å². The second-order valence-electron chi connectivity index (χ2n) is 2.13. The lowest BCUT2D eigenvalue weighted by Crippen LogP contribution is -1.97. The predicted octanol–water partition coefficient (Wildman–Crippen LogP) is -1.40. The number of nitro groups is 1. The molecule has 11 heteroatoms. The van der Waals surface area contributed by atoms with Crippen LogP contribution in [0.15, 0.2) is 0 Å². The first kappa shape index (κ1) is 8.03. The van der Waals surface area contributed by atoms with Crippen LogP contribution in [0.25, 0.3) is 11.6 Å². The van der Waals surface area contributed by atoms with Gasteiger partial charge in [0.2, 0.25) is 0 Å². The van der Waals surface area contributed by atoms with Crippen LogP contribution in [0.4, 0.5) is 5.95 Å². The average molecular weight is 198 g/mol. The Bertz CT molecular complexity index is 472. The highest BCUT2D eigenvalue weighted by atomic mass is 16.6. The van der Waals surface area contributed by atoms with Gasteiger partial charge in [0.1, 0.15) is 0 Å². The van der Waals surface area contributed by atoms with E-state index < -0.39 is 10.9 Å². The third-order valence-corrected chi connectivity index (χ3v) is 1.30. The van der Waals surface area contributed by atoms with Crippen LogP contribution < -0.4 is 0 Å². The van der Waals surface area contributed by atoms with E-state index in [1.807, 2.05) is 5.10 Å². The van der Waals surface area contributed by atoms with Gasteiger partial charge in [-0.25, -0.2) is 0 Å². The van der Waals surface area contributed by atoms with Gasteiger partial charge in [0.25, 0.3) is 5.82 Å². The molecule has 0 bridgehead atoms. The van der Waals surface area contributed by atoms with Gasteiger partial charge in [-0.05, 0) is 20.3 Å². The molecule has 0 fully saturated rings. The molecule has 0 radical (unpaired) electrons. The van der Waals surface area contributed by atoms with Crippen LogP contribution >= 0.6 is 0 Å². The van der Waals surface area contributed by atoms with Gasteiger partial charge < -0.3 is 15.3 Å². The highest BCUT2D eigenvalue weighted by Gasteiger charge is 2.21. The Morgan fingerprint density at radius 3 is 2.86 bits per heavy atom. The maximum absolute atomic E-state index is 10.2. The number of hydrogen-bond acceptors (Lipinski definition) is 8. The maximum Gasteiger partial charge on any atom is 0.453 e. The molecule has 0 unspecified atom stereocenters. The van der Waals surface area contributed by atoms with E-state index in [0.29, 0.717) is 4.85 Å². The molecule has 0 saturated carbocycles. The van der Waals surface area contributed by atoms with E-state index in [1.54, 1.807) is 0 Å². The number of nitrogens with zero attached hydrogens (tertiary/aromatic N) is 7. The Morgan fingerprint density at radius 2 is 2.36 bits per heavy atom. The quantitative estimate of drug-likeness (QED) is 0.340. The standard InChI is InChI=1S/C3H2N8O3/c12-10-2(6-8-9-10)1-4-3(7-5-1)11(13)14/h12H,(H,4,5,7). The molecule has 14 heavy (non-hydrogen) atoms. The third kappa shape index (κ3) is 1.12. The van der Waals surface area contributed by atoms with E-state index in [4.69, 9.17) is 5.21 Å². The van der Waals surface area contributed by atoms with Gasteiger partial charge in [-0.1, -0.05) is 15.0 Å². The van der Waals surface area contributed by atoms with Gasteiger partial charge in [-0.3, -0.25) is 0 Å². The molecule has 0 aliphatic heterocycles. The fourth-order valence-corrected chi connectivity index (χ4v) is 0.752. The normalized spacial score (nSPS) is 10.3. The summed E-state index contributed by atoms with van der Waals surface area (Å²) in [4.78, 5) is 13.2. The Balaban J connectivity index is 2.43. The number of rotatable bonds is 2. The van der Waals surface area contributed by atoms with Gasteiger partial charge >= 0.3 is 11.8 Å². The average Bonchev–Trinajstić information content (AvgIpc) is 2.71. The molecule has 0 spiro atoms. The maximum atomic E-state index is 10.2. The van der Waals surface area contributed by atoms with Crippen molar-refractivity contribution in [1.29, 1.82) is 0 Å². The zero-order valence-corrected chi connectivity index (χ0v) is 6.39. The molecular formula is C3H2N8O3. The van der Waals surface area contributed by atoms with Crippen molar-refractivity contribution in [2.24, 2.45) is 0 Å². The molecule has 2 aromatic heterocycles. The zero-order valence-electron chi connectivity index (χ0n) is 6.39. The molecule has 0 amide bonds. The largest absolute Gasteiger partial charge is 0.453 e. The number of hydrogen-bond donors (Lipinski definition) is 2. The minimum absolute atomic E-state index is 0.163. The topological polar surface area (TPSA) is 149 Å². The molecule has 2 rings (SSSR count). The molecule has 72 valence electrons. The van der Waals surface area contributed by atoms with Crippen LogP contribution in [0.2, 0.25) is 0 Å². The van der Waals surface area contributed by atoms with Gasteiger partial charge in [-0.15, -0.1) is 5.10 Å². The van der Waals surface area contributed by atoms with Crippen molar-refractivity contribution in [3.8, 4) is 11.6 Å². The molecule has 2 heterocycles. The summed E-state index contributed by atoms with van der Waals surface area (Å²) in [7, 11) is 0. The Kier molecular flexibility index (Phi) is 1.56. The number of aromatic amines is 1. The van der Waals surface area contributed by atoms with Crippen molar-refractivity contribution in [1.82, 2.24) is 35.6 Å². The number of tetrazole rings is 1. The number of aromatic nitrogens is 7. The monoisotopic (exact) mass is 198 g/mol. The Hall–Kier alpha value is -2.59. The second-order valence-corrected chi connectivity index (χ2v) is 2.13. The molecule has 0 saturated heterocycles. The summed E-state index contributed by atoms with van der Waals surface area (Å²) < 4.78 is 0. The summed E-state index contributed by atoms with van der Waals surface area (Å²) >= 11 is 0.